The molecule has 2 N–H and O–H groups in total. The van der Waals surface area contributed by atoms with Gasteiger partial charge in [0.25, 0.3) is 5.91 Å². The number of carbonyl (C=O) groups is 2. The first-order valence-electron chi connectivity index (χ1n) is 7.53. The van der Waals surface area contributed by atoms with E-state index in [-0.39, 0.29) is 18.0 Å². The van der Waals surface area contributed by atoms with Gasteiger partial charge in [-0.25, -0.2) is 9.78 Å². The fraction of sp³-hybridized carbons (Fsp3) is 0.400. The lowest BCUT2D eigenvalue weighted by Crippen LogP contribution is -2.35. The number of hydrogen-bond donors (Lipinski definition) is 2. The first-order valence-corrected chi connectivity index (χ1v) is 9.54. The third kappa shape index (κ3) is 3.88. The van der Waals surface area contributed by atoms with Gasteiger partial charge in [-0.05, 0) is 26.0 Å². The SMILES string of the molecule is CC(C)NC(=O)Nc1nc2c(s1)CN(C(=O)c1ccc(Cl)s1)CC2. The van der Waals surface area contributed by atoms with Crippen LogP contribution in [0.25, 0.3) is 0 Å². The molecule has 0 radical (unpaired) electrons. The summed E-state index contributed by atoms with van der Waals surface area (Å²) in [6.07, 6.45) is 0.685. The Morgan fingerprint density at radius 3 is 2.79 bits per heavy atom. The molecule has 1 aliphatic heterocycles. The van der Waals surface area contributed by atoms with E-state index in [9.17, 15) is 9.59 Å². The van der Waals surface area contributed by atoms with E-state index < -0.39 is 0 Å². The Morgan fingerprint density at radius 2 is 2.12 bits per heavy atom. The quantitative estimate of drug-likeness (QED) is 0.849. The topological polar surface area (TPSA) is 74.3 Å². The number of thiazole rings is 1. The van der Waals surface area contributed by atoms with Gasteiger partial charge in [-0.3, -0.25) is 10.1 Å². The first-order chi connectivity index (χ1) is 11.4. The van der Waals surface area contributed by atoms with Gasteiger partial charge in [0, 0.05) is 23.9 Å². The molecule has 6 nitrogen and oxygen atoms in total. The summed E-state index contributed by atoms with van der Waals surface area (Å²) in [5.41, 5.74) is 0.952. The van der Waals surface area contributed by atoms with Gasteiger partial charge >= 0.3 is 6.03 Å². The molecule has 0 aliphatic carbocycles. The summed E-state index contributed by atoms with van der Waals surface area (Å²) in [4.78, 5) is 32.2. The molecule has 3 heterocycles. The highest BCUT2D eigenvalue weighted by atomic mass is 35.5. The van der Waals surface area contributed by atoms with Crippen LogP contribution >= 0.6 is 34.3 Å². The number of urea groups is 1. The van der Waals surface area contributed by atoms with Gasteiger partial charge in [0.2, 0.25) is 0 Å². The standard InChI is InChI=1S/C15H17ClN4O2S2/c1-8(2)17-14(22)19-15-18-9-5-6-20(7-11(9)24-15)13(21)10-3-4-12(16)23-10/h3-4,8H,5-7H2,1-2H3,(H2,17,18,19,22). The van der Waals surface area contributed by atoms with Crippen LogP contribution in [0.15, 0.2) is 12.1 Å². The zero-order chi connectivity index (χ0) is 17.3. The second-order valence-corrected chi connectivity index (χ2v) is 8.52. The zero-order valence-electron chi connectivity index (χ0n) is 13.3. The van der Waals surface area contributed by atoms with Crippen molar-refractivity contribution >= 4 is 51.3 Å². The van der Waals surface area contributed by atoms with Crippen molar-refractivity contribution in [3.05, 3.63) is 31.9 Å². The monoisotopic (exact) mass is 384 g/mol. The predicted molar refractivity (Wildman–Crippen MR) is 97.2 cm³/mol. The molecule has 0 fully saturated rings. The number of halogens is 1. The minimum absolute atomic E-state index is 0.0157. The molecule has 0 saturated heterocycles. The second kappa shape index (κ2) is 7.08. The predicted octanol–water partition coefficient (Wildman–Crippen LogP) is 3.59. The number of hydrogen-bond acceptors (Lipinski definition) is 5. The number of fused-ring (bicyclic) bond motifs is 1. The number of aromatic nitrogens is 1. The highest BCUT2D eigenvalue weighted by molar-refractivity contribution is 7.18. The van der Waals surface area contributed by atoms with Gasteiger partial charge in [-0.2, -0.15) is 0 Å². The van der Waals surface area contributed by atoms with E-state index in [1.54, 1.807) is 17.0 Å². The van der Waals surface area contributed by atoms with Crippen LogP contribution in [0.5, 0.6) is 0 Å². The van der Waals surface area contributed by atoms with Gasteiger partial charge in [-0.15, -0.1) is 11.3 Å². The minimum atomic E-state index is -0.266. The molecule has 0 unspecified atom stereocenters. The van der Waals surface area contributed by atoms with Crippen molar-refractivity contribution in [2.24, 2.45) is 0 Å². The Bertz CT molecular complexity index is 771. The summed E-state index contributed by atoms with van der Waals surface area (Å²) in [6.45, 7) is 4.91. The first kappa shape index (κ1) is 17.2. The van der Waals surface area contributed by atoms with Crippen molar-refractivity contribution in [1.82, 2.24) is 15.2 Å². The van der Waals surface area contributed by atoms with E-state index in [0.29, 0.717) is 33.9 Å². The van der Waals surface area contributed by atoms with Gasteiger partial charge in [0.05, 0.1) is 21.5 Å². The van der Waals surface area contributed by atoms with Crippen LogP contribution in [0, 0.1) is 0 Å². The zero-order valence-corrected chi connectivity index (χ0v) is 15.6. The number of amides is 3. The lowest BCUT2D eigenvalue weighted by atomic mass is 10.2. The van der Waals surface area contributed by atoms with Crippen LogP contribution in [0.3, 0.4) is 0 Å². The number of anilines is 1. The highest BCUT2D eigenvalue weighted by Crippen LogP contribution is 2.30. The van der Waals surface area contributed by atoms with Crippen molar-refractivity contribution in [2.45, 2.75) is 32.9 Å². The van der Waals surface area contributed by atoms with Crippen molar-refractivity contribution in [3.8, 4) is 0 Å². The fourth-order valence-electron chi connectivity index (χ4n) is 2.40. The largest absolute Gasteiger partial charge is 0.336 e. The maximum absolute atomic E-state index is 12.5. The Kier molecular flexibility index (Phi) is 5.07. The summed E-state index contributed by atoms with van der Waals surface area (Å²) in [7, 11) is 0. The third-order valence-corrected chi connectivity index (χ3v) is 5.66. The molecule has 0 aromatic carbocycles. The Hall–Kier alpha value is -1.64. The van der Waals surface area contributed by atoms with Crippen molar-refractivity contribution in [2.75, 3.05) is 11.9 Å². The van der Waals surface area contributed by atoms with Gasteiger partial charge in [0.15, 0.2) is 5.13 Å². The fourth-order valence-corrected chi connectivity index (χ4v) is 4.43. The number of carbonyl (C=O) groups excluding carboxylic acids is 2. The van der Waals surface area contributed by atoms with E-state index in [4.69, 9.17) is 11.6 Å². The van der Waals surface area contributed by atoms with Gasteiger partial charge in [0.1, 0.15) is 0 Å². The van der Waals surface area contributed by atoms with Crippen molar-refractivity contribution < 1.29 is 9.59 Å². The molecule has 0 spiro atoms. The Morgan fingerprint density at radius 1 is 1.33 bits per heavy atom. The molecule has 0 atom stereocenters. The molecule has 9 heteroatoms. The second-order valence-electron chi connectivity index (χ2n) is 5.72. The van der Waals surface area contributed by atoms with E-state index >= 15 is 0 Å². The number of nitrogens with zero attached hydrogens (tertiary/aromatic N) is 2. The van der Waals surface area contributed by atoms with Crippen molar-refractivity contribution in [3.63, 3.8) is 0 Å². The number of thiophene rings is 1. The van der Waals surface area contributed by atoms with E-state index in [0.717, 1.165) is 10.6 Å². The lowest BCUT2D eigenvalue weighted by Gasteiger charge is -2.25. The molecule has 128 valence electrons. The summed E-state index contributed by atoms with van der Waals surface area (Å²) in [5.74, 6) is -0.0157. The number of rotatable bonds is 3. The Labute approximate surface area is 152 Å². The molecule has 2 aromatic rings. The minimum Gasteiger partial charge on any atom is -0.336 e. The molecule has 24 heavy (non-hydrogen) atoms. The van der Waals surface area contributed by atoms with Crippen LogP contribution in [0.2, 0.25) is 4.34 Å². The van der Waals surface area contributed by atoms with Crippen LogP contribution in [-0.2, 0) is 13.0 Å². The van der Waals surface area contributed by atoms with Crippen LogP contribution in [-0.4, -0.2) is 34.4 Å². The molecule has 1 aliphatic rings. The normalized spacial score (nSPS) is 13.8. The maximum atomic E-state index is 12.5. The third-order valence-electron chi connectivity index (χ3n) is 3.44. The molecular weight excluding hydrogens is 368 g/mol. The van der Waals surface area contributed by atoms with Crippen LogP contribution in [0.4, 0.5) is 9.93 Å². The van der Waals surface area contributed by atoms with Crippen molar-refractivity contribution in [1.29, 1.82) is 0 Å². The molecule has 0 saturated carbocycles. The molecular formula is C15H17ClN4O2S2. The lowest BCUT2D eigenvalue weighted by molar-refractivity contribution is 0.0741. The average Bonchev–Trinajstić information content (AvgIpc) is 3.10. The number of nitrogens with one attached hydrogen (secondary N) is 2. The summed E-state index contributed by atoms with van der Waals surface area (Å²) in [5, 5.41) is 6.07. The van der Waals surface area contributed by atoms with E-state index in [1.807, 2.05) is 13.8 Å². The van der Waals surface area contributed by atoms with Crippen LogP contribution < -0.4 is 10.6 Å². The highest BCUT2D eigenvalue weighted by Gasteiger charge is 2.26. The average molecular weight is 385 g/mol. The summed E-state index contributed by atoms with van der Waals surface area (Å²) >= 11 is 8.61. The Balaban J connectivity index is 1.67. The molecule has 3 amide bonds. The van der Waals surface area contributed by atoms with Gasteiger partial charge in [-0.1, -0.05) is 22.9 Å². The molecule has 2 aromatic heterocycles. The van der Waals surface area contributed by atoms with Gasteiger partial charge < -0.3 is 10.2 Å². The summed E-state index contributed by atoms with van der Waals surface area (Å²) in [6, 6.07) is 3.28. The maximum Gasteiger partial charge on any atom is 0.321 e. The van der Waals surface area contributed by atoms with Crippen LogP contribution in [0.1, 0.15) is 34.1 Å². The summed E-state index contributed by atoms with van der Waals surface area (Å²) < 4.78 is 0.608. The smallest absolute Gasteiger partial charge is 0.321 e. The molecule has 0 bridgehead atoms. The molecule has 3 rings (SSSR count). The van der Waals surface area contributed by atoms with E-state index in [1.165, 1.54) is 22.7 Å². The van der Waals surface area contributed by atoms with E-state index in [2.05, 4.69) is 15.6 Å².